The molecule has 0 saturated heterocycles. The van der Waals surface area contributed by atoms with Gasteiger partial charge in [0.2, 0.25) is 0 Å². The summed E-state index contributed by atoms with van der Waals surface area (Å²) in [5.41, 5.74) is 2.41. The van der Waals surface area contributed by atoms with Crippen LogP contribution < -0.4 is 0 Å². The predicted molar refractivity (Wildman–Crippen MR) is 61.7 cm³/mol. The van der Waals surface area contributed by atoms with E-state index in [-0.39, 0.29) is 5.69 Å². The number of aromatic carboxylic acids is 1. The van der Waals surface area contributed by atoms with Crippen LogP contribution in [0.1, 0.15) is 53.5 Å². The predicted octanol–water partition coefficient (Wildman–Crippen LogP) is 2.44. The summed E-state index contributed by atoms with van der Waals surface area (Å²) in [5.74, 6) is 0.853. The van der Waals surface area contributed by atoms with Crippen LogP contribution in [0.15, 0.2) is 0 Å². The fourth-order valence-electron chi connectivity index (χ4n) is 2.68. The van der Waals surface area contributed by atoms with Gasteiger partial charge in [0, 0.05) is 17.1 Å². The van der Waals surface area contributed by atoms with Crippen molar-refractivity contribution in [3.63, 3.8) is 0 Å². The molecule has 1 saturated carbocycles. The maximum atomic E-state index is 11.1. The van der Waals surface area contributed by atoms with Crippen molar-refractivity contribution < 1.29 is 9.90 Å². The first kappa shape index (κ1) is 10.2. The van der Waals surface area contributed by atoms with Crippen LogP contribution in [0, 0.1) is 0 Å². The summed E-state index contributed by atoms with van der Waals surface area (Å²) >= 11 is 1.79. The zero-order valence-electron chi connectivity index (χ0n) is 8.98. The number of rotatable bonds is 2. The molecule has 16 heavy (non-hydrogen) atoms. The summed E-state index contributed by atoms with van der Waals surface area (Å²) in [7, 11) is 0. The molecule has 0 spiro atoms. The molecule has 86 valence electrons. The van der Waals surface area contributed by atoms with Gasteiger partial charge in [-0.3, -0.25) is 4.68 Å². The number of carboxylic acid groups (broad SMARTS) is 1. The van der Waals surface area contributed by atoms with Gasteiger partial charge >= 0.3 is 5.97 Å². The summed E-state index contributed by atoms with van der Waals surface area (Å²) in [5, 5.41) is 13.4. The van der Waals surface area contributed by atoms with Crippen LogP contribution in [0.4, 0.5) is 0 Å². The lowest BCUT2D eigenvalue weighted by Crippen LogP contribution is -2.10. The van der Waals surface area contributed by atoms with Gasteiger partial charge in [-0.15, -0.1) is 0 Å². The van der Waals surface area contributed by atoms with E-state index in [0.717, 1.165) is 35.6 Å². The molecule has 1 aliphatic heterocycles. The number of hydrogen-bond acceptors (Lipinski definition) is 3. The summed E-state index contributed by atoms with van der Waals surface area (Å²) in [6.45, 7) is 0. The first-order chi connectivity index (χ1) is 7.77. The molecule has 0 radical (unpaired) electrons. The van der Waals surface area contributed by atoms with E-state index < -0.39 is 5.97 Å². The summed E-state index contributed by atoms with van der Waals surface area (Å²) in [6.07, 6.45) is 4.79. The van der Waals surface area contributed by atoms with Gasteiger partial charge in [-0.2, -0.15) is 16.9 Å². The van der Waals surface area contributed by atoms with Crippen LogP contribution in [0.25, 0.3) is 0 Å². The minimum atomic E-state index is -0.879. The van der Waals surface area contributed by atoms with Crippen molar-refractivity contribution in [2.75, 3.05) is 0 Å². The number of fused-ring (bicyclic) bond motifs is 1. The monoisotopic (exact) mass is 238 g/mol. The van der Waals surface area contributed by atoms with Gasteiger partial charge in [-0.05, 0) is 12.8 Å². The number of carbonyl (C=O) groups is 1. The Morgan fingerprint density at radius 1 is 1.38 bits per heavy atom. The van der Waals surface area contributed by atoms with E-state index in [1.54, 1.807) is 11.8 Å². The van der Waals surface area contributed by atoms with Crippen molar-refractivity contribution in [3.05, 3.63) is 17.0 Å². The smallest absolute Gasteiger partial charge is 0.356 e. The van der Waals surface area contributed by atoms with Gasteiger partial charge in [0.05, 0.1) is 11.7 Å². The van der Waals surface area contributed by atoms with Crippen molar-refractivity contribution in [1.29, 1.82) is 0 Å². The highest BCUT2D eigenvalue weighted by Crippen LogP contribution is 2.37. The lowest BCUT2D eigenvalue weighted by atomic mass is 10.2. The quantitative estimate of drug-likeness (QED) is 0.859. The first-order valence-electron chi connectivity index (χ1n) is 5.68. The highest BCUT2D eigenvalue weighted by Gasteiger charge is 2.30. The average Bonchev–Trinajstić information content (AvgIpc) is 2.93. The van der Waals surface area contributed by atoms with Crippen LogP contribution >= 0.6 is 11.8 Å². The minimum absolute atomic E-state index is 0.284. The highest BCUT2D eigenvalue weighted by molar-refractivity contribution is 7.98. The maximum absolute atomic E-state index is 11.1. The Morgan fingerprint density at radius 2 is 2.12 bits per heavy atom. The topological polar surface area (TPSA) is 55.1 Å². The van der Waals surface area contributed by atoms with Gasteiger partial charge in [-0.25, -0.2) is 4.79 Å². The van der Waals surface area contributed by atoms with Crippen molar-refractivity contribution in [2.24, 2.45) is 0 Å². The second kappa shape index (κ2) is 3.80. The number of hydrogen-bond donors (Lipinski definition) is 1. The second-order valence-electron chi connectivity index (χ2n) is 4.45. The Labute approximate surface area is 98.0 Å². The Hall–Kier alpha value is -0.970. The van der Waals surface area contributed by atoms with E-state index in [2.05, 4.69) is 5.10 Å². The van der Waals surface area contributed by atoms with Crippen LogP contribution in [0.2, 0.25) is 0 Å². The molecule has 0 amide bonds. The molecule has 1 aromatic heterocycles. The van der Waals surface area contributed by atoms with Crippen molar-refractivity contribution in [2.45, 2.75) is 43.2 Å². The number of nitrogens with zero attached hydrogens (tertiary/aromatic N) is 2. The number of thioether (sulfide) groups is 1. The highest BCUT2D eigenvalue weighted by atomic mass is 32.2. The zero-order chi connectivity index (χ0) is 11.1. The standard InChI is InChI=1S/C11H14N2O2S/c14-11(15)10-8-5-16-6-9(8)13(12-10)7-3-1-2-4-7/h7H,1-6H2,(H,14,15). The largest absolute Gasteiger partial charge is 0.476 e. The third kappa shape index (κ3) is 1.45. The van der Waals surface area contributed by atoms with Gasteiger partial charge in [-0.1, -0.05) is 12.8 Å². The maximum Gasteiger partial charge on any atom is 0.356 e. The minimum Gasteiger partial charge on any atom is -0.476 e. The molecule has 1 fully saturated rings. The molecular weight excluding hydrogens is 224 g/mol. The Morgan fingerprint density at radius 3 is 2.81 bits per heavy atom. The fraction of sp³-hybridized carbons (Fsp3) is 0.636. The van der Waals surface area contributed by atoms with E-state index in [9.17, 15) is 4.79 Å². The van der Waals surface area contributed by atoms with Crippen molar-refractivity contribution in [3.8, 4) is 0 Å². The van der Waals surface area contributed by atoms with Crippen molar-refractivity contribution in [1.82, 2.24) is 9.78 Å². The summed E-state index contributed by atoms with van der Waals surface area (Å²) in [6, 6.07) is 0.445. The van der Waals surface area contributed by atoms with Crippen LogP contribution in [-0.4, -0.2) is 20.9 Å². The molecule has 1 aromatic rings. The second-order valence-corrected chi connectivity index (χ2v) is 5.44. The van der Waals surface area contributed by atoms with Crippen LogP contribution in [0.5, 0.6) is 0 Å². The third-order valence-electron chi connectivity index (χ3n) is 3.48. The van der Waals surface area contributed by atoms with Crippen molar-refractivity contribution >= 4 is 17.7 Å². The zero-order valence-corrected chi connectivity index (χ0v) is 9.79. The van der Waals surface area contributed by atoms with E-state index in [4.69, 9.17) is 5.11 Å². The molecule has 3 rings (SSSR count). The summed E-state index contributed by atoms with van der Waals surface area (Å²) < 4.78 is 2.01. The number of aromatic nitrogens is 2. The van der Waals surface area contributed by atoms with E-state index in [1.165, 1.54) is 12.8 Å². The van der Waals surface area contributed by atoms with E-state index >= 15 is 0 Å². The summed E-state index contributed by atoms with van der Waals surface area (Å²) in [4.78, 5) is 11.1. The molecule has 0 bridgehead atoms. The average molecular weight is 238 g/mol. The molecule has 0 unspecified atom stereocenters. The molecule has 2 heterocycles. The molecule has 5 heteroatoms. The molecular formula is C11H14N2O2S. The van der Waals surface area contributed by atoms with Gasteiger partial charge < -0.3 is 5.11 Å². The first-order valence-corrected chi connectivity index (χ1v) is 6.84. The van der Waals surface area contributed by atoms with Gasteiger partial charge in [0.15, 0.2) is 5.69 Å². The van der Waals surface area contributed by atoms with Gasteiger partial charge in [0.25, 0.3) is 0 Å². The fourth-order valence-corrected chi connectivity index (χ4v) is 3.79. The SMILES string of the molecule is O=C(O)c1nn(C2CCCC2)c2c1CSC2. The molecule has 4 nitrogen and oxygen atoms in total. The Bertz CT molecular complexity index is 435. The van der Waals surface area contributed by atoms with Gasteiger partial charge in [0.1, 0.15) is 0 Å². The Balaban J connectivity index is 2.05. The van der Waals surface area contributed by atoms with Crippen LogP contribution in [0.3, 0.4) is 0 Å². The lowest BCUT2D eigenvalue weighted by molar-refractivity contribution is 0.0688. The Kier molecular flexibility index (Phi) is 2.42. The molecule has 0 atom stereocenters. The molecule has 1 aliphatic carbocycles. The number of carboxylic acids is 1. The van der Waals surface area contributed by atoms with E-state index in [1.807, 2.05) is 4.68 Å². The lowest BCUT2D eigenvalue weighted by Gasteiger charge is -2.12. The van der Waals surface area contributed by atoms with Crippen LogP contribution in [-0.2, 0) is 11.5 Å². The van der Waals surface area contributed by atoms with E-state index in [0.29, 0.717) is 6.04 Å². The normalized spacial score (nSPS) is 20.2. The molecule has 2 aliphatic rings. The third-order valence-corrected chi connectivity index (χ3v) is 4.45. The molecule has 0 aromatic carbocycles. The molecule has 1 N–H and O–H groups in total.